The Labute approximate surface area is 330 Å². The van der Waals surface area contributed by atoms with E-state index in [0.29, 0.717) is 0 Å². The van der Waals surface area contributed by atoms with E-state index in [1.807, 2.05) is 0 Å². The summed E-state index contributed by atoms with van der Waals surface area (Å²) in [5.74, 6) is 0. The SMILES string of the molecule is CC(C)(C)C1(C)c2ccccc2-c2ccc(-c3c4ccccc4c(-c4ccc(-c5cc(-c6ccccc6)cc(-c6ccccc6)c5)cc4)c4ccccc34)cc21. The number of benzene rings is 9. The quantitative estimate of drug-likeness (QED) is 0.156. The predicted molar refractivity (Wildman–Crippen MR) is 240 cm³/mol. The summed E-state index contributed by atoms with van der Waals surface area (Å²) in [5.41, 5.74) is 17.8. The van der Waals surface area contributed by atoms with Crippen molar-refractivity contribution < 1.29 is 0 Å². The van der Waals surface area contributed by atoms with Crippen LogP contribution < -0.4 is 0 Å². The zero-order valence-corrected chi connectivity index (χ0v) is 32.5. The maximum Gasteiger partial charge on any atom is 0.0235 e. The molecule has 0 saturated heterocycles. The minimum atomic E-state index is -0.120. The van der Waals surface area contributed by atoms with E-state index in [1.54, 1.807) is 0 Å². The summed E-state index contributed by atoms with van der Waals surface area (Å²) < 4.78 is 0. The van der Waals surface area contributed by atoms with E-state index in [1.165, 1.54) is 99.4 Å². The van der Waals surface area contributed by atoms with Gasteiger partial charge in [-0.3, -0.25) is 0 Å². The van der Waals surface area contributed by atoms with Crippen LogP contribution in [-0.4, -0.2) is 0 Å². The summed E-state index contributed by atoms with van der Waals surface area (Å²) in [7, 11) is 0. The summed E-state index contributed by atoms with van der Waals surface area (Å²) in [6.07, 6.45) is 0. The molecule has 0 aliphatic heterocycles. The average Bonchev–Trinajstić information content (AvgIpc) is 3.51. The zero-order chi connectivity index (χ0) is 38.0. The van der Waals surface area contributed by atoms with E-state index in [0.717, 1.165) is 0 Å². The molecule has 0 aromatic heterocycles. The fourth-order valence-corrected chi connectivity index (χ4v) is 9.42. The average molecular weight is 717 g/mol. The third-order valence-electron chi connectivity index (χ3n) is 12.7. The molecule has 10 rings (SSSR count). The molecule has 1 atom stereocenters. The molecule has 9 aromatic rings. The Morgan fingerprint density at radius 1 is 0.304 bits per heavy atom. The van der Waals surface area contributed by atoms with Gasteiger partial charge in [0.15, 0.2) is 0 Å². The Morgan fingerprint density at radius 3 is 1.18 bits per heavy atom. The highest BCUT2D eigenvalue weighted by Crippen LogP contribution is 2.58. The second kappa shape index (κ2) is 13.1. The van der Waals surface area contributed by atoms with Crippen LogP contribution in [0.4, 0.5) is 0 Å². The fourth-order valence-electron chi connectivity index (χ4n) is 9.42. The monoisotopic (exact) mass is 716 g/mol. The first-order valence-electron chi connectivity index (χ1n) is 19.8. The van der Waals surface area contributed by atoms with Crippen LogP contribution in [0.5, 0.6) is 0 Å². The highest BCUT2D eigenvalue weighted by molar-refractivity contribution is 6.21. The summed E-state index contributed by atoms with van der Waals surface area (Å²) in [6, 6.07) is 71.9. The molecule has 0 heterocycles. The zero-order valence-electron chi connectivity index (χ0n) is 32.5. The molecule has 0 spiro atoms. The number of rotatable bonds is 5. The van der Waals surface area contributed by atoms with Crippen LogP contribution in [0.1, 0.15) is 38.8 Å². The van der Waals surface area contributed by atoms with Gasteiger partial charge in [0, 0.05) is 5.41 Å². The van der Waals surface area contributed by atoms with Crippen molar-refractivity contribution in [2.24, 2.45) is 5.41 Å². The molecule has 0 nitrogen and oxygen atoms in total. The second-order valence-electron chi connectivity index (χ2n) is 16.6. The van der Waals surface area contributed by atoms with Gasteiger partial charge in [-0.25, -0.2) is 0 Å². The standard InChI is InChI=1S/C56H44/c1-55(2,3)56(4)51-26-16-15-21-45(51)46-32-31-41(36-52(46)56)54-49-24-13-11-22-47(49)53(48-23-12-14-25-50(48)54)40-29-27-39(28-30-40)44-34-42(37-17-7-5-8-18-37)33-43(35-44)38-19-9-6-10-20-38/h5-36H,1-4H3. The van der Waals surface area contributed by atoms with E-state index in [2.05, 4.69) is 222 Å². The van der Waals surface area contributed by atoms with Crippen LogP contribution in [0.25, 0.3) is 88.3 Å². The Morgan fingerprint density at radius 2 is 0.679 bits per heavy atom. The molecule has 1 unspecified atom stereocenters. The molecule has 268 valence electrons. The third-order valence-corrected chi connectivity index (χ3v) is 12.7. The van der Waals surface area contributed by atoms with Crippen molar-refractivity contribution in [3.63, 3.8) is 0 Å². The van der Waals surface area contributed by atoms with Crippen molar-refractivity contribution in [1.82, 2.24) is 0 Å². The van der Waals surface area contributed by atoms with E-state index in [9.17, 15) is 0 Å². The third kappa shape index (κ3) is 5.35. The van der Waals surface area contributed by atoms with Crippen LogP contribution in [0.3, 0.4) is 0 Å². The maximum atomic E-state index is 2.51. The molecule has 0 fully saturated rings. The van der Waals surface area contributed by atoms with Gasteiger partial charge in [0.1, 0.15) is 0 Å². The van der Waals surface area contributed by atoms with Crippen LogP contribution in [0.15, 0.2) is 194 Å². The lowest BCUT2D eigenvalue weighted by Gasteiger charge is -2.41. The van der Waals surface area contributed by atoms with Crippen molar-refractivity contribution in [3.8, 4) is 66.8 Å². The summed E-state index contributed by atoms with van der Waals surface area (Å²) >= 11 is 0. The lowest BCUT2D eigenvalue weighted by molar-refractivity contribution is 0.255. The highest BCUT2D eigenvalue weighted by Gasteiger charge is 2.47. The molecule has 56 heavy (non-hydrogen) atoms. The summed E-state index contributed by atoms with van der Waals surface area (Å²) in [6.45, 7) is 9.61. The smallest absolute Gasteiger partial charge is 0.0235 e. The van der Waals surface area contributed by atoms with Gasteiger partial charge in [-0.05, 0) is 129 Å². The van der Waals surface area contributed by atoms with Crippen LogP contribution in [0.2, 0.25) is 0 Å². The van der Waals surface area contributed by atoms with Gasteiger partial charge in [0.05, 0.1) is 0 Å². The lowest BCUT2D eigenvalue weighted by atomic mass is 9.62. The molecular formula is C56H44. The van der Waals surface area contributed by atoms with Crippen LogP contribution >= 0.6 is 0 Å². The fraction of sp³-hybridized carbons (Fsp3) is 0.107. The number of hydrogen-bond acceptors (Lipinski definition) is 0. The molecule has 1 aliphatic carbocycles. The first kappa shape index (κ1) is 34.0. The maximum absolute atomic E-state index is 2.51. The van der Waals surface area contributed by atoms with Gasteiger partial charge >= 0.3 is 0 Å². The number of fused-ring (bicyclic) bond motifs is 5. The summed E-state index contributed by atoms with van der Waals surface area (Å²) in [4.78, 5) is 0. The Kier molecular flexibility index (Phi) is 7.94. The van der Waals surface area contributed by atoms with Gasteiger partial charge in [-0.1, -0.05) is 198 Å². The van der Waals surface area contributed by atoms with Crippen LogP contribution in [0, 0.1) is 5.41 Å². The van der Waals surface area contributed by atoms with Gasteiger partial charge in [0.25, 0.3) is 0 Å². The minimum absolute atomic E-state index is 0.0269. The first-order valence-corrected chi connectivity index (χ1v) is 19.8. The molecule has 0 heteroatoms. The van der Waals surface area contributed by atoms with Crippen molar-refractivity contribution >= 4 is 21.5 Å². The molecule has 9 aromatic carbocycles. The Hall–Kier alpha value is -6.50. The van der Waals surface area contributed by atoms with E-state index in [4.69, 9.17) is 0 Å². The first-order chi connectivity index (χ1) is 27.3. The van der Waals surface area contributed by atoms with Gasteiger partial charge in [0.2, 0.25) is 0 Å². The molecule has 0 amide bonds. The second-order valence-corrected chi connectivity index (χ2v) is 16.6. The van der Waals surface area contributed by atoms with Gasteiger partial charge < -0.3 is 0 Å². The lowest BCUT2D eigenvalue weighted by Crippen LogP contribution is -2.36. The van der Waals surface area contributed by atoms with Gasteiger partial charge in [-0.2, -0.15) is 0 Å². The largest absolute Gasteiger partial charge is 0.0622 e. The molecule has 1 aliphatic rings. The highest BCUT2D eigenvalue weighted by atomic mass is 14.5. The minimum Gasteiger partial charge on any atom is -0.0622 e. The summed E-state index contributed by atoms with van der Waals surface area (Å²) in [5, 5.41) is 5.10. The Balaban J connectivity index is 1.13. The molecule has 0 N–H and O–H groups in total. The number of hydrogen-bond donors (Lipinski definition) is 0. The van der Waals surface area contributed by atoms with E-state index in [-0.39, 0.29) is 10.8 Å². The van der Waals surface area contributed by atoms with Gasteiger partial charge in [-0.15, -0.1) is 0 Å². The normalized spacial score (nSPS) is 14.9. The molecule has 0 radical (unpaired) electrons. The van der Waals surface area contributed by atoms with Crippen molar-refractivity contribution in [2.75, 3.05) is 0 Å². The molecular weight excluding hydrogens is 673 g/mol. The van der Waals surface area contributed by atoms with Crippen LogP contribution in [-0.2, 0) is 5.41 Å². The Bertz CT molecular complexity index is 2810. The van der Waals surface area contributed by atoms with Crippen molar-refractivity contribution in [3.05, 3.63) is 205 Å². The molecule has 0 bridgehead atoms. The van der Waals surface area contributed by atoms with Crippen molar-refractivity contribution in [1.29, 1.82) is 0 Å². The topological polar surface area (TPSA) is 0 Å². The predicted octanol–water partition coefficient (Wildman–Crippen LogP) is 15.7. The van der Waals surface area contributed by atoms with E-state index < -0.39 is 0 Å². The van der Waals surface area contributed by atoms with E-state index >= 15 is 0 Å². The van der Waals surface area contributed by atoms with Crippen molar-refractivity contribution in [2.45, 2.75) is 33.1 Å². The molecule has 0 saturated carbocycles.